The van der Waals surface area contributed by atoms with Crippen LogP contribution in [0.2, 0.25) is 0 Å². The Kier molecular flexibility index (Phi) is 2.57. The Morgan fingerprint density at radius 2 is 2.11 bits per heavy atom. The molecule has 18 heavy (non-hydrogen) atoms. The van der Waals surface area contributed by atoms with E-state index < -0.39 is 0 Å². The normalized spacial score (nSPS) is 12.2. The Hall–Kier alpha value is -2.56. The van der Waals surface area contributed by atoms with Crippen molar-refractivity contribution < 1.29 is 14.3 Å². The topological polar surface area (TPSA) is 60.5 Å². The second-order valence-corrected chi connectivity index (χ2v) is 3.76. The van der Waals surface area contributed by atoms with Crippen molar-refractivity contribution in [1.82, 2.24) is 4.98 Å². The van der Waals surface area contributed by atoms with Gasteiger partial charge in [-0.3, -0.25) is 9.78 Å². The third kappa shape index (κ3) is 1.98. The summed E-state index contributed by atoms with van der Waals surface area (Å²) in [6.45, 7) is 0.218. The van der Waals surface area contributed by atoms with Gasteiger partial charge in [0.05, 0.1) is 5.56 Å². The van der Waals surface area contributed by atoms with Gasteiger partial charge >= 0.3 is 0 Å². The number of nitrogens with one attached hydrogen (secondary N) is 1. The van der Waals surface area contributed by atoms with Gasteiger partial charge in [0.2, 0.25) is 6.79 Å². The average molecular weight is 242 g/mol. The molecule has 0 unspecified atom stereocenters. The highest BCUT2D eigenvalue weighted by Crippen LogP contribution is 2.34. The maximum atomic E-state index is 11.9. The van der Waals surface area contributed by atoms with Crippen LogP contribution in [-0.2, 0) is 0 Å². The van der Waals surface area contributed by atoms with Crippen LogP contribution in [0.1, 0.15) is 10.4 Å². The number of carbonyl (C=O) groups is 1. The number of hydrogen-bond acceptors (Lipinski definition) is 4. The van der Waals surface area contributed by atoms with E-state index in [9.17, 15) is 4.79 Å². The van der Waals surface area contributed by atoms with Gasteiger partial charge in [0, 0.05) is 24.1 Å². The summed E-state index contributed by atoms with van der Waals surface area (Å²) in [5.41, 5.74) is 1.17. The first kappa shape index (κ1) is 10.6. The van der Waals surface area contributed by atoms with Gasteiger partial charge in [0.25, 0.3) is 5.91 Å². The minimum Gasteiger partial charge on any atom is -0.454 e. The smallest absolute Gasteiger partial charge is 0.257 e. The van der Waals surface area contributed by atoms with Crippen LogP contribution in [0.15, 0.2) is 42.7 Å². The summed E-state index contributed by atoms with van der Waals surface area (Å²) < 4.78 is 10.4. The van der Waals surface area contributed by atoms with E-state index in [2.05, 4.69) is 10.3 Å². The minimum atomic E-state index is -0.207. The summed E-state index contributed by atoms with van der Waals surface area (Å²) in [5.74, 6) is 1.12. The molecule has 0 spiro atoms. The Labute approximate surface area is 103 Å². The van der Waals surface area contributed by atoms with Gasteiger partial charge in [-0.15, -0.1) is 0 Å². The van der Waals surface area contributed by atoms with E-state index >= 15 is 0 Å². The number of ether oxygens (including phenoxy) is 2. The summed E-state index contributed by atoms with van der Waals surface area (Å²) in [5, 5.41) is 2.77. The van der Waals surface area contributed by atoms with E-state index in [1.54, 1.807) is 36.5 Å². The second kappa shape index (κ2) is 4.37. The van der Waals surface area contributed by atoms with Crippen LogP contribution >= 0.6 is 0 Å². The zero-order chi connectivity index (χ0) is 12.4. The van der Waals surface area contributed by atoms with E-state index in [1.165, 1.54) is 6.20 Å². The summed E-state index contributed by atoms with van der Waals surface area (Å²) in [7, 11) is 0. The molecule has 1 N–H and O–H groups in total. The number of rotatable bonds is 2. The summed E-state index contributed by atoms with van der Waals surface area (Å²) >= 11 is 0. The predicted molar refractivity (Wildman–Crippen MR) is 64.8 cm³/mol. The monoisotopic (exact) mass is 242 g/mol. The molecular weight excluding hydrogens is 232 g/mol. The number of fused-ring (bicyclic) bond motifs is 1. The Morgan fingerprint density at radius 3 is 2.94 bits per heavy atom. The van der Waals surface area contributed by atoms with Crippen molar-refractivity contribution in [2.24, 2.45) is 0 Å². The Morgan fingerprint density at radius 1 is 1.22 bits per heavy atom. The number of nitrogens with zero attached hydrogens (tertiary/aromatic N) is 1. The lowest BCUT2D eigenvalue weighted by molar-refractivity contribution is 0.102. The first-order valence-electron chi connectivity index (χ1n) is 5.44. The maximum Gasteiger partial charge on any atom is 0.257 e. The molecule has 1 aromatic heterocycles. The summed E-state index contributed by atoms with van der Waals surface area (Å²) in [4.78, 5) is 15.8. The van der Waals surface area contributed by atoms with E-state index in [-0.39, 0.29) is 12.7 Å². The molecule has 1 amide bonds. The van der Waals surface area contributed by atoms with Gasteiger partial charge in [-0.25, -0.2) is 0 Å². The molecule has 0 atom stereocenters. The maximum absolute atomic E-state index is 11.9. The Balaban J connectivity index is 1.79. The van der Waals surface area contributed by atoms with Crippen molar-refractivity contribution in [3.8, 4) is 11.5 Å². The third-order valence-electron chi connectivity index (χ3n) is 2.55. The Bertz CT molecular complexity index is 584. The van der Waals surface area contributed by atoms with Crippen LogP contribution in [0.3, 0.4) is 0 Å². The van der Waals surface area contributed by atoms with Crippen LogP contribution in [0.25, 0.3) is 0 Å². The molecule has 0 radical (unpaired) electrons. The molecule has 1 aliphatic rings. The van der Waals surface area contributed by atoms with Crippen LogP contribution in [0, 0.1) is 0 Å². The molecule has 3 rings (SSSR count). The first-order valence-corrected chi connectivity index (χ1v) is 5.44. The number of pyridine rings is 1. The molecule has 2 aromatic rings. The largest absolute Gasteiger partial charge is 0.454 e. The van der Waals surface area contributed by atoms with E-state index in [0.717, 1.165) is 0 Å². The molecule has 0 fully saturated rings. The molecule has 2 heterocycles. The van der Waals surface area contributed by atoms with Crippen molar-refractivity contribution in [2.75, 3.05) is 12.1 Å². The van der Waals surface area contributed by atoms with Gasteiger partial charge < -0.3 is 14.8 Å². The van der Waals surface area contributed by atoms with Crippen molar-refractivity contribution in [1.29, 1.82) is 0 Å². The lowest BCUT2D eigenvalue weighted by atomic mass is 10.2. The standard InChI is InChI=1S/C13H10N2O3/c16-13(9-2-1-5-14-7-9)15-10-3-4-11-12(6-10)18-8-17-11/h1-7H,8H2,(H,15,16). The highest BCUT2D eigenvalue weighted by molar-refractivity contribution is 6.04. The molecule has 1 aliphatic heterocycles. The lowest BCUT2D eigenvalue weighted by Crippen LogP contribution is -2.11. The molecule has 5 heteroatoms. The highest BCUT2D eigenvalue weighted by atomic mass is 16.7. The fraction of sp³-hybridized carbons (Fsp3) is 0.0769. The van der Waals surface area contributed by atoms with Crippen LogP contribution in [0.5, 0.6) is 11.5 Å². The first-order chi connectivity index (χ1) is 8.83. The molecule has 0 bridgehead atoms. The summed E-state index contributed by atoms with van der Waals surface area (Å²) in [6, 6.07) is 8.68. The molecule has 1 aromatic carbocycles. The van der Waals surface area contributed by atoms with Crippen molar-refractivity contribution in [3.05, 3.63) is 48.3 Å². The van der Waals surface area contributed by atoms with Gasteiger partial charge in [-0.05, 0) is 24.3 Å². The van der Waals surface area contributed by atoms with Gasteiger partial charge in [-0.2, -0.15) is 0 Å². The number of benzene rings is 1. The van der Waals surface area contributed by atoms with E-state index in [1.807, 2.05) is 0 Å². The zero-order valence-corrected chi connectivity index (χ0v) is 9.42. The van der Waals surface area contributed by atoms with Crippen LogP contribution in [-0.4, -0.2) is 17.7 Å². The highest BCUT2D eigenvalue weighted by Gasteiger charge is 2.14. The number of carbonyl (C=O) groups excluding carboxylic acids is 1. The van der Waals surface area contributed by atoms with E-state index in [0.29, 0.717) is 22.7 Å². The second-order valence-electron chi connectivity index (χ2n) is 3.76. The fourth-order valence-electron chi connectivity index (χ4n) is 1.67. The van der Waals surface area contributed by atoms with Crippen LogP contribution < -0.4 is 14.8 Å². The zero-order valence-electron chi connectivity index (χ0n) is 9.42. The molecule has 0 saturated heterocycles. The number of aromatic nitrogens is 1. The molecule has 0 aliphatic carbocycles. The van der Waals surface area contributed by atoms with Crippen molar-refractivity contribution in [3.63, 3.8) is 0 Å². The fourth-order valence-corrected chi connectivity index (χ4v) is 1.67. The third-order valence-corrected chi connectivity index (χ3v) is 2.55. The van der Waals surface area contributed by atoms with E-state index in [4.69, 9.17) is 9.47 Å². The van der Waals surface area contributed by atoms with Gasteiger partial charge in [0.1, 0.15) is 0 Å². The van der Waals surface area contributed by atoms with Crippen LogP contribution in [0.4, 0.5) is 5.69 Å². The SMILES string of the molecule is O=C(Nc1ccc2c(c1)OCO2)c1cccnc1. The molecule has 0 saturated carbocycles. The number of amides is 1. The van der Waals surface area contributed by atoms with Crippen molar-refractivity contribution >= 4 is 11.6 Å². The van der Waals surface area contributed by atoms with Crippen molar-refractivity contribution in [2.45, 2.75) is 0 Å². The molecule has 5 nitrogen and oxygen atoms in total. The van der Waals surface area contributed by atoms with Gasteiger partial charge in [0.15, 0.2) is 11.5 Å². The number of hydrogen-bond donors (Lipinski definition) is 1. The predicted octanol–water partition coefficient (Wildman–Crippen LogP) is 2.06. The lowest BCUT2D eigenvalue weighted by Gasteiger charge is -2.05. The van der Waals surface area contributed by atoms with Gasteiger partial charge in [-0.1, -0.05) is 0 Å². The summed E-state index contributed by atoms with van der Waals surface area (Å²) in [6.07, 6.45) is 3.14. The molecular formula is C13H10N2O3. The minimum absolute atomic E-state index is 0.207. The molecule has 90 valence electrons. The quantitative estimate of drug-likeness (QED) is 0.875. The number of anilines is 1. The average Bonchev–Trinajstić information content (AvgIpc) is 2.87.